The summed E-state index contributed by atoms with van der Waals surface area (Å²) in [5.41, 5.74) is 0. The topological polar surface area (TPSA) is 0 Å². The van der Waals surface area contributed by atoms with Crippen molar-refractivity contribution < 1.29 is 0 Å². The molecule has 0 bridgehead atoms. The molecule has 0 spiro atoms. The van der Waals surface area contributed by atoms with Crippen LogP contribution in [0.2, 0.25) is 0 Å². The van der Waals surface area contributed by atoms with Crippen LogP contribution in [-0.2, 0) is 0 Å². The number of hydrogen-bond acceptors (Lipinski definition) is 1. The first-order chi connectivity index (χ1) is 3.91. The van der Waals surface area contributed by atoms with Gasteiger partial charge in [-0.05, 0) is 0 Å². The first kappa shape index (κ1) is 8.02. The van der Waals surface area contributed by atoms with E-state index in [0.717, 1.165) is 12.2 Å². The third kappa shape index (κ3) is 6.02. The zero-order chi connectivity index (χ0) is 6.24. The van der Waals surface area contributed by atoms with Gasteiger partial charge in [0.05, 0.1) is 0 Å². The van der Waals surface area contributed by atoms with Crippen molar-refractivity contribution in [3.63, 3.8) is 0 Å². The Morgan fingerprint density at radius 3 is 3.00 bits per heavy atom. The second kappa shape index (κ2) is 7.02. The van der Waals surface area contributed by atoms with Gasteiger partial charge < -0.3 is 0 Å². The molecule has 0 unspecified atom stereocenters. The van der Waals surface area contributed by atoms with Gasteiger partial charge in [-0.2, -0.15) is 0 Å². The Bertz CT molecular complexity index is 78.6. The predicted molar refractivity (Wildman–Crippen MR) is 44.8 cm³/mol. The zero-order valence-electron chi connectivity index (χ0n) is 5.26. The maximum absolute atomic E-state index is 3.60. The summed E-state index contributed by atoms with van der Waals surface area (Å²) in [6.07, 6.45) is 7.27. The van der Waals surface area contributed by atoms with Gasteiger partial charge in [-0.15, -0.1) is 0 Å². The molecule has 0 nitrogen and oxygen atoms in total. The standard InChI is InChI=1S/C6H11BS/c1-3-4-5-6-8-7-2/h3-4H,2,5-6H2,1H3. The van der Waals surface area contributed by atoms with Crippen LogP contribution in [0.3, 0.4) is 0 Å². The number of rotatable bonds is 4. The van der Waals surface area contributed by atoms with Crippen molar-refractivity contribution in [2.45, 2.75) is 13.3 Å². The van der Waals surface area contributed by atoms with Gasteiger partial charge in [0.1, 0.15) is 0 Å². The van der Waals surface area contributed by atoms with Gasteiger partial charge in [0.25, 0.3) is 0 Å². The molecule has 0 aromatic rings. The van der Waals surface area contributed by atoms with E-state index < -0.39 is 0 Å². The summed E-state index contributed by atoms with van der Waals surface area (Å²) in [7, 11) is 0. The van der Waals surface area contributed by atoms with Crippen LogP contribution in [0.25, 0.3) is 0 Å². The van der Waals surface area contributed by atoms with Crippen LogP contribution in [0.5, 0.6) is 0 Å². The molecule has 0 amide bonds. The van der Waals surface area contributed by atoms with Crippen molar-refractivity contribution >= 4 is 24.3 Å². The second-order valence-corrected chi connectivity index (χ2v) is 2.47. The molecule has 2 heteroatoms. The third-order valence-electron chi connectivity index (χ3n) is 0.756. The Kier molecular flexibility index (Phi) is 7.05. The number of hydrogen-bond donors (Lipinski definition) is 0. The van der Waals surface area contributed by atoms with Gasteiger partial charge in [0.2, 0.25) is 0 Å². The van der Waals surface area contributed by atoms with E-state index in [2.05, 4.69) is 18.6 Å². The summed E-state index contributed by atoms with van der Waals surface area (Å²) in [4.78, 5) is 0. The van der Waals surface area contributed by atoms with Crippen LogP contribution in [0.1, 0.15) is 13.3 Å². The van der Waals surface area contributed by atoms with E-state index >= 15 is 0 Å². The Balaban J connectivity index is 2.82. The Morgan fingerprint density at radius 2 is 2.50 bits per heavy atom. The predicted octanol–water partition coefficient (Wildman–Crippen LogP) is 1.74. The molecule has 0 aromatic heterocycles. The van der Waals surface area contributed by atoms with E-state index in [1.165, 1.54) is 0 Å². The first-order valence-electron chi connectivity index (χ1n) is 2.75. The van der Waals surface area contributed by atoms with Crippen molar-refractivity contribution in [2.24, 2.45) is 0 Å². The van der Waals surface area contributed by atoms with Gasteiger partial charge in [-0.3, -0.25) is 0 Å². The molecule has 0 aliphatic rings. The molecule has 0 N–H and O–H groups in total. The molecular weight excluding hydrogens is 115 g/mol. The average Bonchev–Trinajstić information content (AvgIpc) is 1.81. The zero-order valence-corrected chi connectivity index (χ0v) is 6.08. The van der Waals surface area contributed by atoms with Gasteiger partial charge in [0, 0.05) is 0 Å². The maximum atomic E-state index is 3.60. The molecule has 0 heterocycles. The minimum absolute atomic E-state index is 1.16. The van der Waals surface area contributed by atoms with E-state index in [1.807, 2.05) is 13.1 Å². The molecule has 0 atom stereocenters. The van der Waals surface area contributed by atoms with E-state index in [9.17, 15) is 0 Å². The van der Waals surface area contributed by atoms with Crippen molar-refractivity contribution in [1.82, 2.24) is 0 Å². The molecule has 44 valence electrons. The fraction of sp³-hybridized carbons (Fsp3) is 0.500. The number of allylic oxidation sites excluding steroid dienone is 2. The Hall–Kier alpha value is 0.0249. The van der Waals surface area contributed by atoms with E-state index in [4.69, 9.17) is 0 Å². The summed E-state index contributed by atoms with van der Waals surface area (Å²) in [6.45, 7) is 5.64. The molecule has 0 radical (unpaired) electrons. The van der Waals surface area contributed by atoms with Crippen molar-refractivity contribution in [3.8, 4) is 0 Å². The minimum atomic E-state index is 1.16. The van der Waals surface area contributed by atoms with Crippen molar-refractivity contribution in [2.75, 3.05) is 5.75 Å². The fourth-order valence-electron chi connectivity index (χ4n) is 0.386. The molecule has 0 saturated heterocycles. The SMILES string of the molecule is C=BSCCC=CC. The summed E-state index contributed by atoms with van der Waals surface area (Å²) in [5.74, 6) is 1.16. The van der Waals surface area contributed by atoms with Crippen molar-refractivity contribution in [1.29, 1.82) is 0 Å². The van der Waals surface area contributed by atoms with Crippen LogP contribution in [0.15, 0.2) is 12.2 Å². The molecule has 0 aliphatic heterocycles. The van der Waals surface area contributed by atoms with Crippen LogP contribution < -0.4 is 0 Å². The molecule has 8 heavy (non-hydrogen) atoms. The molecule has 0 fully saturated rings. The summed E-state index contributed by atoms with van der Waals surface area (Å²) in [5, 5.41) is 0. The summed E-state index contributed by atoms with van der Waals surface area (Å²) >= 11 is 1.76. The first-order valence-corrected chi connectivity index (χ1v) is 3.80. The quantitative estimate of drug-likeness (QED) is 0.314. The van der Waals surface area contributed by atoms with Crippen molar-refractivity contribution in [3.05, 3.63) is 12.2 Å². The Morgan fingerprint density at radius 1 is 1.75 bits per heavy atom. The third-order valence-corrected chi connectivity index (χ3v) is 1.46. The molecule has 0 saturated carbocycles. The van der Waals surface area contributed by atoms with Crippen LogP contribution in [0.4, 0.5) is 0 Å². The normalized spacial score (nSPS) is 9.62. The van der Waals surface area contributed by atoms with E-state index in [0.29, 0.717) is 0 Å². The summed E-state index contributed by atoms with van der Waals surface area (Å²) < 4.78 is 0. The van der Waals surface area contributed by atoms with Gasteiger partial charge in [-0.25, -0.2) is 0 Å². The summed E-state index contributed by atoms with van der Waals surface area (Å²) in [6, 6.07) is 0. The molecule has 0 aliphatic carbocycles. The van der Waals surface area contributed by atoms with Crippen LogP contribution in [0, 0.1) is 0 Å². The van der Waals surface area contributed by atoms with E-state index in [-0.39, 0.29) is 0 Å². The molecular formula is C6H11BS. The van der Waals surface area contributed by atoms with Crippen LogP contribution >= 0.6 is 11.6 Å². The fourth-order valence-corrected chi connectivity index (χ4v) is 0.825. The molecule has 0 aromatic carbocycles. The van der Waals surface area contributed by atoms with Gasteiger partial charge in [-0.1, -0.05) is 0 Å². The molecule has 0 rings (SSSR count). The van der Waals surface area contributed by atoms with Crippen LogP contribution in [-0.4, -0.2) is 18.4 Å². The van der Waals surface area contributed by atoms with Gasteiger partial charge in [0.15, 0.2) is 0 Å². The average molecular weight is 126 g/mol. The van der Waals surface area contributed by atoms with Gasteiger partial charge >= 0.3 is 55.5 Å². The Labute approximate surface area is 56.2 Å². The van der Waals surface area contributed by atoms with E-state index in [1.54, 1.807) is 11.6 Å². The second-order valence-electron chi connectivity index (χ2n) is 1.40. The monoisotopic (exact) mass is 126 g/mol.